The number of amides is 1. The van der Waals surface area contributed by atoms with E-state index in [-0.39, 0.29) is 11.9 Å². The normalized spacial score (nSPS) is 25.2. The van der Waals surface area contributed by atoms with Crippen LogP contribution >= 0.6 is 0 Å². The van der Waals surface area contributed by atoms with E-state index in [4.69, 9.17) is 0 Å². The molecule has 2 atom stereocenters. The SMILES string of the molecule is CC1Cc2ccccc2N1C(=O)CN(C)C1CCNC1. The van der Waals surface area contributed by atoms with Crippen molar-refractivity contribution in [3.8, 4) is 0 Å². The van der Waals surface area contributed by atoms with Crippen molar-refractivity contribution in [3.05, 3.63) is 29.8 Å². The standard InChI is InChI=1S/C16H23N3O/c1-12-9-13-5-3-4-6-15(13)19(12)16(20)11-18(2)14-7-8-17-10-14/h3-6,12,14,17H,7-11H2,1-2H3. The average Bonchev–Trinajstić information content (AvgIpc) is 3.04. The van der Waals surface area contributed by atoms with E-state index < -0.39 is 0 Å². The van der Waals surface area contributed by atoms with Crippen LogP contribution in [0.3, 0.4) is 0 Å². The molecular formula is C16H23N3O. The number of para-hydroxylation sites is 1. The number of benzene rings is 1. The first-order valence-corrected chi connectivity index (χ1v) is 7.47. The number of hydrogen-bond donors (Lipinski definition) is 1. The van der Waals surface area contributed by atoms with Crippen molar-refractivity contribution in [1.29, 1.82) is 0 Å². The number of nitrogens with one attached hydrogen (secondary N) is 1. The zero-order chi connectivity index (χ0) is 14.1. The molecule has 0 saturated carbocycles. The molecule has 4 heteroatoms. The molecule has 1 amide bonds. The molecule has 20 heavy (non-hydrogen) atoms. The molecule has 0 bridgehead atoms. The first kappa shape index (κ1) is 13.6. The molecule has 108 valence electrons. The number of carbonyl (C=O) groups is 1. The number of rotatable bonds is 3. The minimum atomic E-state index is 0.219. The molecule has 3 rings (SSSR count). The Morgan fingerprint density at radius 1 is 1.45 bits per heavy atom. The topological polar surface area (TPSA) is 35.6 Å². The minimum absolute atomic E-state index is 0.219. The van der Waals surface area contributed by atoms with Crippen LogP contribution < -0.4 is 10.2 Å². The van der Waals surface area contributed by atoms with Gasteiger partial charge in [0.1, 0.15) is 0 Å². The fraction of sp³-hybridized carbons (Fsp3) is 0.562. The van der Waals surface area contributed by atoms with Crippen LogP contribution in [0.25, 0.3) is 0 Å². The van der Waals surface area contributed by atoms with Gasteiger partial charge >= 0.3 is 0 Å². The molecule has 1 aromatic rings. The molecule has 1 aromatic carbocycles. The highest BCUT2D eigenvalue weighted by molar-refractivity contribution is 5.97. The Morgan fingerprint density at radius 3 is 3.00 bits per heavy atom. The first-order valence-electron chi connectivity index (χ1n) is 7.47. The summed E-state index contributed by atoms with van der Waals surface area (Å²) in [5.74, 6) is 0.219. The van der Waals surface area contributed by atoms with Gasteiger partial charge in [0, 0.05) is 24.3 Å². The van der Waals surface area contributed by atoms with Crippen LogP contribution in [0, 0.1) is 0 Å². The molecule has 2 heterocycles. The van der Waals surface area contributed by atoms with E-state index in [1.165, 1.54) is 5.56 Å². The highest BCUT2D eigenvalue weighted by atomic mass is 16.2. The van der Waals surface area contributed by atoms with E-state index in [1.54, 1.807) is 0 Å². The molecule has 0 aliphatic carbocycles. The van der Waals surface area contributed by atoms with E-state index in [1.807, 2.05) is 11.0 Å². The molecule has 4 nitrogen and oxygen atoms in total. The van der Waals surface area contributed by atoms with Gasteiger partial charge in [0.05, 0.1) is 6.54 Å². The summed E-state index contributed by atoms with van der Waals surface area (Å²) < 4.78 is 0. The number of anilines is 1. The molecule has 1 saturated heterocycles. The maximum atomic E-state index is 12.6. The summed E-state index contributed by atoms with van der Waals surface area (Å²) in [4.78, 5) is 16.8. The van der Waals surface area contributed by atoms with Gasteiger partial charge in [0.25, 0.3) is 0 Å². The van der Waals surface area contributed by atoms with Gasteiger partial charge in [-0.1, -0.05) is 18.2 Å². The maximum Gasteiger partial charge on any atom is 0.241 e. The van der Waals surface area contributed by atoms with Crippen molar-refractivity contribution in [2.75, 3.05) is 31.6 Å². The van der Waals surface area contributed by atoms with Crippen LogP contribution in [0.4, 0.5) is 5.69 Å². The first-order chi connectivity index (χ1) is 9.66. The predicted molar refractivity (Wildman–Crippen MR) is 81.0 cm³/mol. The lowest BCUT2D eigenvalue weighted by molar-refractivity contribution is -0.120. The molecule has 2 aliphatic rings. The van der Waals surface area contributed by atoms with Crippen LogP contribution in [0.15, 0.2) is 24.3 Å². The number of likely N-dealkylation sites (N-methyl/N-ethyl adjacent to an activating group) is 1. The molecule has 1 fully saturated rings. The van der Waals surface area contributed by atoms with Crippen LogP contribution in [0.5, 0.6) is 0 Å². The Hall–Kier alpha value is -1.39. The average molecular weight is 273 g/mol. The molecule has 0 spiro atoms. The Kier molecular flexibility index (Phi) is 3.76. The summed E-state index contributed by atoms with van der Waals surface area (Å²) in [5, 5.41) is 3.35. The molecule has 2 aliphatic heterocycles. The smallest absolute Gasteiger partial charge is 0.241 e. The summed E-state index contributed by atoms with van der Waals surface area (Å²) in [6.07, 6.45) is 2.10. The van der Waals surface area contributed by atoms with Crippen molar-refractivity contribution in [2.45, 2.75) is 31.8 Å². The van der Waals surface area contributed by atoms with Gasteiger partial charge in [-0.15, -0.1) is 0 Å². The zero-order valence-corrected chi connectivity index (χ0v) is 12.3. The van der Waals surface area contributed by atoms with Crippen LogP contribution in [0.2, 0.25) is 0 Å². The van der Waals surface area contributed by atoms with Crippen LogP contribution in [0.1, 0.15) is 18.9 Å². The van der Waals surface area contributed by atoms with E-state index in [0.29, 0.717) is 12.6 Å². The van der Waals surface area contributed by atoms with Gasteiger partial charge in [-0.3, -0.25) is 9.69 Å². The third-order valence-electron chi connectivity index (χ3n) is 4.52. The minimum Gasteiger partial charge on any atom is -0.315 e. The lowest BCUT2D eigenvalue weighted by Crippen LogP contribution is -2.45. The number of hydrogen-bond acceptors (Lipinski definition) is 3. The van der Waals surface area contributed by atoms with E-state index >= 15 is 0 Å². The largest absolute Gasteiger partial charge is 0.315 e. The molecule has 2 unspecified atom stereocenters. The van der Waals surface area contributed by atoms with Gasteiger partial charge in [0.15, 0.2) is 0 Å². The summed E-state index contributed by atoms with van der Waals surface area (Å²) in [6, 6.07) is 9.02. The molecule has 0 aromatic heterocycles. The van der Waals surface area contributed by atoms with Crippen LogP contribution in [-0.2, 0) is 11.2 Å². The second-order valence-corrected chi connectivity index (χ2v) is 6.01. The van der Waals surface area contributed by atoms with Crippen molar-refractivity contribution in [3.63, 3.8) is 0 Å². The van der Waals surface area contributed by atoms with Gasteiger partial charge in [-0.25, -0.2) is 0 Å². The third-order valence-corrected chi connectivity index (χ3v) is 4.52. The third kappa shape index (κ3) is 2.45. The number of fused-ring (bicyclic) bond motifs is 1. The van der Waals surface area contributed by atoms with Gasteiger partial charge in [-0.05, 0) is 45.0 Å². The van der Waals surface area contributed by atoms with E-state index in [9.17, 15) is 4.79 Å². The Bertz CT molecular complexity index is 496. The summed E-state index contributed by atoms with van der Waals surface area (Å²) in [7, 11) is 2.06. The van der Waals surface area contributed by atoms with Gasteiger partial charge in [-0.2, -0.15) is 0 Å². The molecular weight excluding hydrogens is 250 g/mol. The zero-order valence-electron chi connectivity index (χ0n) is 12.3. The fourth-order valence-corrected chi connectivity index (χ4v) is 3.38. The number of carbonyl (C=O) groups excluding carboxylic acids is 1. The van der Waals surface area contributed by atoms with Crippen molar-refractivity contribution in [2.24, 2.45) is 0 Å². The van der Waals surface area contributed by atoms with Crippen molar-refractivity contribution < 1.29 is 4.79 Å². The summed E-state index contributed by atoms with van der Waals surface area (Å²) in [6.45, 7) is 4.70. The summed E-state index contributed by atoms with van der Waals surface area (Å²) >= 11 is 0. The van der Waals surface area contributed by atoms with Crippen LogP contribution in [-0.4, -0.2) is 49.6 Å². The molecule has 1 N–H and O–H groups in total. The van der Waals surface area contributed by atoms with Crippen molar-refractivity contribution in [1.82, 2.24) is 10.2 Å². The van der Waals surface area contributed by atoms with Gasteiger partial charge < -0.3 is 10.2 Å². The highest BCUT2D eigenvalue weighted by Crippen LogP contribution is 2.31. The predicted octanol–water partition coefficient (Wildman–Crippen LogP) is 1.26. The Balaban J connectivity index is 1.70. The fourth-order valence-electron chi connectivity index (χ4n) is 3.38. The second kappa shape index (κ2) is 5.54. The summed E-state index contributed by atoms with van der Waals surface area (Å²) in [5.41, 5.74) is 2.39. The van der Waals surface area contributed by atoms with Crippen molar-refractivity contribution >= 4 is 11.6 Å². The lowest BCUT2D eigenvalue weighted by Gasteiger charge is -2.28. The Morgan fingerprint density at radius 2 is 2.25 bits per heavy atom. The lowest BCUT2D eigenvalue weighted by atomic mass is 10.1. The number of nitrogens with zero attached hydrogens (tertiary/aromatic N) is 2. The van der Waals surface area contributed by atoms with E-state index in [0.717, 1.165) is 31.6 Å². The monoisotopic (exact) mass is 273 g/mol. The van der Waals surface area contributed by atoms with E-state index in [2.05, 4.69) is 42.4 Å². The Labute approximate surface area is 120 Å². The van der Waals surface area contributed by atoms with Gasteiger partial charge in [0.2, 0.25) is 5.91 Å². The second-order valence-electron chi connectivity index (χ2n) is 6.01. The quantitative estimate of drug-likeness (QED) is 0.900. The highest BCUT2D eigenvalue weighted by Gasteiger charge is 2.32. The maximum absolute atomic E-state index is 12.6. The molecule has 0 radical (unpaired) electrons.